The Kier molecular flexibility index (Phi) is 3.45. The normalized spacial score (nSPS) is 18.0. The highest BCUT2D eigenvalue weighted by atomic mass is 16.3. The van der Waals surface area contributed by atoms with E-state index in [1.54, 1.807) is 0 Å². The van der Waals surface area contributed by atoms with E-state index in [1.165, 1.54) is 5.56 Å². The highest BCUT2D eigenvalue weighted by Crippen LogP contribution is 2.26. The molecule has 4 nitrogen and oxygen atoms in total. The number of rotatable bonds is 3. The van der Waals surface area contributed by atoms with Crippen LogP contribution in [0.2, 0.25) is 0 Å². The minimum absolute atomic E-state index is 0.0250. The summed E-state index contributed by atoms with van der Waals surface area (Å²) in [5, 5.41) is 6.34. The Morgan fingerprint density at radius 2 is 2.14 bits per heavy atom. The number of hydrogen-bond acceptors (Lipinski definition) is 3. The third-order valence-electron chi connectivity index (χ3n) is 3.99. The minimum Gasteiger partial charge on any atom is -0.466 e. The largest absolute Gasteiger partial charge is 0.466 e. The van der Waals surface area contributed by atoms with Gasteiger partial charge in [0, 0.05) is 17.7 Å². The van der Waals surface area contributed by atoms with Gasteiger partial charge in [-0.3, -0.25) is 4.79 Å². The second kappa shape index (κ2) is 5.28. The smallest absolute Gasteiger partial charge is 0.243 e. The number of fused-ring (bicyclic) bond motifs is 1. The molecular weight excluding hydrogens is 264 g/mol. The van der Waals surface area contributed by atoms with Crippen molar-refractivity contribution in [2.45, 2.75) is 39.3 Å². The number of para-hydroxylation sites is 1. The van der Waals surface area contributed by atoms with Gasteiger partial charge in [-0.05, 0) is 38.5 Å². The Labute approximate surface area is 124 Å². The van der Waals surface area contributed by atoms with Gasteiger partial charge in [-0.2, -0.15) is 0 Å². The lowest BCUT2D eigenvalue weighted by molar-refractivity contribution is -0.122. The highest BCUT2D eigenvalue weighted by molar-refractivity contribution is 5.87. The molecular formula is C17H20N2O2. The summed E-state index contributed by atoms with van der Waals surface area (Å²) in [4.78, 5) is 12.4. The van der Waals surface area contributed by atoms with E-state index in [-0.39, 0.29) is 18.0 Å². The van der Waals surface area contributed by atoms with Gasteiger partial charge in [-0.25, -0.2) is 0 Å². The van der Waals surface area contributed by atoms with Gasteiger partial charge in [-0.1, -0.05) is 18.2 Å². The van der Waals surface area contributed by atoms with Crippen molar-refractivity contribution in [3.8, 4) is 0 Å². The van der Waals surface area contributed by atoms with Crippen LogP contribution in [-0.4, -0.2) is 11.9 Å². The Morgan fingerprint density at radius 3 is 2.81 bits per heavy atom. The van der Waals surface area contributed by atoms with E-state index in [9.17, 15) is 4.79 Å². The van der Waals surface area contributed by atoms with Crippen LogP contribution in [0.25, 0.3) is 0 Å². The van der Waals surface area contributed by atoms with Gasteiger partial charge < -0.3 is 15.1 Å². The van der Waals surface area contributed by atoms with Crippen LogP contribution < -0.4 is 10.6 Å². The summed E-state index contributed by atoms with van der Waals surface area (Å²) in [5.41, 5.74) is 3.29. The Morgan fingerprint density at radius 1 is 1.38 bits per heavy atom. The molecule has 4 heteroatoms. The fourth-order valence-corrected chi connectivity index (χ4v) is 2.93. The SMILES string of the molecule is Cc1cc(C(C)NC(=O)C2Cc3ccccc3N2)c(C)o1. The quantitative estimate of drug-likeness (QED) is 0.910. The van der Waals surface area contributed by atoms with Crippen LogP contribution in [0.4, 0.5) is 5.69 Å². The number of hydrogen-bond donors (Lipinski definition) is 2. The van der Waals surface area contributed by atoms with Crippen molar-refractivity contribution < 1.29 is 9.21 Å². The van der Waals surface area contributed by atoms with Crippen LogP contribution in [0.3, 0.4) is 0 Å². The lowest BCUT2D eigenvalue weighted by atomic mass is 10.1. The van der Waals surface area contributed by atoms with Gasteiger partial charge in [0.25, 0.3) is 0 Å². The van der Waals surface area contributed by atoms with E-state index < -0.39 is 0 Å². The van der Waals surface area contributed by atoms with Crippen LogP contribution in [0, 0.1) is 13.8 Å². The van der Waals surface area contributed by atoms with Crippen molar-refractivity contribution in [3.63, 3.8) is 0 Å². The van der Waals surface area contributed by atoms with E-state index in [1.807, 2.05) is 45.0 Å². The molecule has 2 aromatic rings. The molecule has 1 aromatic heterocycles. The van der Waals surface area contributed by atoms with Crippen LogP contribution in [0.5, 0.6) is 0 Å². The van der Waals surface area contributed by atoms with Crippen LogP contribution >= 0.6 is 0 Å². The monoisotopic (exact) mass is 284 g/mol. The van der Waals surface area contributed by atoms with Crippen molar-refractivity contribution in [3.05, 3.63) is 53.0 Å². The first-order valence-corrected chi connectivity index (χ1v) is 7.26. The summed E-state index contributed by atoms with van der Waals surface area (Å²) in [5.74, 6) is 1.76. The van der Waals surface area contributed by atoms with E-state index in [2.05, 4.69) is 16.7 Å². The maximum atomic E-state index is 12.4. The minimum atomic E-state index is -0.196. The summed E-state index contributed by atoms with van der Waals surface area (Å²) in [6, 6.07) is 9.78. The second-order valence-corrected chi connectivity index (χ2v) is 5.66. The number of carbonyl (C=O) groups is 1. The lowest BCUT2D eigenvalue weighted by Gasteiger charge is -2.17. The van der Waals surface area contributed by atoms with E-state index in [0.29, 0.717) is 0 Å². The first kappa shape index (κ1) is 13.7. The number of furan rings is 1. The van der Waals surface area contributed by atoms with Crippen molar-refractivity contribution in [1.29, 1.82) is 0 Å². The number of nitrogens with one attached hydrogen (secondary N) is 2. The van der Waals surface area contributed by atoms with E-state index in [0.717, 1.165) is 29.2 Å². The van der Waals surface area contributed by atoms with Crippen molar-refractivity contribution >= 4 is 11.6 Å². The molecule has 0 radical (unpaired) electrons. The molecule has 0 fully saturated rings. The summed E-state index contributed by atoms with van der Waals surface area (Å²) in [6.07, 6.45) is 0.734. The maximum absolute atomic E-state index is 12.4. The molecule has 2 unspecified atom stereocenters. The average Bonchev–Trinajstić information content (AvgIpc) is 3.01. The van der Waals surface area contributed by atoms with E-state index >= 15 is 0 Å². The molecule has 3 rings (SSSR count). The Balaban J connectivity index is 1.67. The molecule has 0 spiro atoms. The molecule has 1 amide bonds. The van der Waals surface area contributed by atoms with Gasteiger partial charge in [0.05, 0.1) is 6.04 Å². The fourth-order valence-electron chi connectivity index (χ4n) is 2.93. The van der Waals surface area contributed by atoms with Gasteiger partial charge in [0.15, 0.2) is 0 Å². The first-order valence-electron chi connectivity index (χ1n) is 7.26. The number of anilines is 1. The van der Waals surface area contributed by atoms with Crippen LogP contribution in [0.15, 0.2) is 34.7 Å². The standard InChI is InChI=1S/C17H20N2O2/c1-10-8-14(12(3)21-10)11(2)18-17(20)16-9-13-6-4-5-7-15(13)19-16/h4-8,11,16,19H,9H2,1-3H3,(H,18,20). The number of benzene rings is 1. The molecule has 0 saturated heterocycles. The molecule has 2 N–H and O–H groups in total. The third-order valence-corrected chi connectivity index (χ3v) is 3.99. The van der Waals surface area contributed by atoms with E-state index in [4.69, 9.17) is 4.42 Å². The van der Waals surface area contributed by atoms with Gasteiger partial charge >= 0.3 is 0 Å². The van der Waals surface area contributed by atoms with Crippen LogP contribution in [-0.2, 0) is 11.2 Å². The fraction of sp³-hybridized carbons (Fsp3) is 0.353. The Bertz CT molecular complexity index is 650. The predicted molar refractivity (Wildman–Crippen MR) is 82.3 cm³/mol. The zero-order valence-corrected chi connectivity index (χ0v) is 12.6. The summed E-state index contributed by atoms with van der Waals surface area (Å²) >= 11 is 0. The van der Waals surface area contributed by atoms with Crippen molar-refractivity contribution in [1.82, 2.24) is 5.32 Å². The highest BCUT2D eigenvalue weighted by Gasteiger charge is 2.27. The summed E-state index contributed by atoms with van der Waals surface area (Å²) in [6.45, 7) is 5.83. The molecule has 1 aromatic carbocycles. The zero-order valence-electron chi connectivity index (χ0n) is 12.6. The second-order valence-electron chi connectivity index (χ2n) is 5.66. The molecule has 21 heavy (non-hydrogen) atoms. The number of amides is 1. The van der Waals surface area contributed by atoms with Gasteiger partial charge in [0.1, 0.15) is 17.6 Å². The topological polar surface area (TPSA) is 54.3 Å². The molecule has 0 aliphatic carbocycles. The Hall–Kier alpha value is -2.23. The molecule has 110 valence electrons. The number of aryl methyl sites for hydroxylation is 2. The molecule has 0 saturated carbocycles. The molecule has 0 bridgehead atoms. The molecule has 2 heterocycles. The van der Waals surface area contributed by atoms with Gasteiger partial charge in [-0.15, -0.1) is 0 Å². The van der Waals surface area contributed by atoms with Gasteiger partial charge in [0.2, 0.25) is 5.91 Å². The molecule has 1 aliphatic heterocycles. The average molecular weight is 284 g/mol. The lowest BCUT2D eigenvalue weighted by Crippen LogP contribution is -2.39. The molecule has 2 atom stereocenters. The van der Waals surface area contributed by atoms with Crippen LogP contribution in [0.1, 0.15) is 35.6 Å². The zero-order chi connectivity index (χ0) is 15.0. The molecule has 1 aliphatic rings. The third kappa shape index (κ3) is 2.66. The predicted octanol–water partition coefficient (Wildman–Crippen LogP) is 3.11. The van der Waals surface area contributed by atoms with Crippen molar-refractivity contribution in [2.24, 2.45) is 0 Å². The summed E-state index contributed by atoms with van der Waals surface area (Å²) in [7, 11) is 0. The summed E-state index contributed by atoms with van der Waals surface area (Å²) < 4.78 is 5.53. The maximum Gasteiger partial charge on any atom is 0.243 e. The first-order chi connectivity index (χ1) is 10.0. The van der Waals surface area contributed by atoms with Crippen molar-refractivity contribution in [2.75, 3.05) is 5.32 Å². The number of carbonyl (C=O) groups excluding carboxylic acids is 1.